The molecule has 1 fully saturated rings. The van der Waals surface area contributed by atoms with Crippen molar-refractivity contribution in [3.8, 4) is 0 Å². The van der Waals surface area contributed by atoms with E-state index in [0.717, 1.165) is 15.6 Å². The van der Waals surface area contributed by atoms with E-state index in [2.05, 4.69) is 5.32 Å². The molecule has 26 heavy (non-hydrogen) atoms. The Labute approximate surface area is 154 Å². The number of para-hydroxylation sites is 1. The monoisotopic (exact) mass is 386 g/mol. The number of sulfonamides is 1. The van der Waals surface area contributed by atoms with Crippen LogP contribution in [0, 0.1) is 5.41 Å². The quantitative estimate of drug-likeness (QED) is 0.733. The number of fused-ring (bicyclic) bond motifs is 1. The summed E-state index contributed by atoms with van der Waals surface area (Å²) in [7, 11) is -3.80. The second kappa shape index (κ2) is 5.97. The number of primary sulfonamides is 1. The van der Waals surface area contributed by atoms with Crippen molar-refractivity contribution in [2.45, 2.75) is 16.2 Å². The number of carbonyl (C=O) groups is 1. The molecule has 2 heterocycles. The van der Waals surface area contributed by atoms with Crippen molar-refractivity contribution in [2.24, 2.45) is 5.14 Å². The molecule has 4 rings (SSSR count). The first-order valence-corrected chi connectivity index (χ1v) is 10.0. The van der Waals surface area contributed by atoms with Crippen molar-refractivity contribution in [1.29, 1.82) is 5.41 Å². The lowest BCUT2D eigenvalue weighted by atomic mass is 10.2. The van der Waals surface area contributed by atoms with E-state index in [1.165, 1.54) is 40.9 Å². The number of amidine groups is 1. The van der Waals surface area contributed by atoms with Gasteiger partial charge in [0, 0.05) is 10.5 Å². The second-order valence-corrected chi connectivity index (χ2v) is 8.44. The molecule has 0 atom stereocenters. The van der Waals surface area contributed by atoms with Crippen LogP contribution in [0.25, 0.3) is 0 Å². The van der Waals surface area contributed by atoms with E-state index in [1.807, 2.05) is 24.3 Å². The van der Waals surface area contributed by atoms with Gasteiger partial charge in [0.1, 0.15) is 5.84 Å². The van der Waals surface area contributed by atoms with E-state index >= 15 is 0 Å². The third-order valence-electron chi connectivity index (χ3n) is 4.13. The summed E-state index contributed by atoms with van der Waals surface area (Å²) in [5, 5.41) is 17.5. The molecule has 0 saturated carbocycles. The topological polar surface area (TPSA) is 116 Å². The van der Waals surface area contributed by atoms with Gasteiger partial charge in [0.2, 0.25) is 15.9 Å². The molecule has 0 unspecified atom stereocenters. The Balaban J connectivity index is 1.66. The van der Waals surface area contributed by atoms with Crippen LogP contribution in [-0.2, 0) is 14.8 Å². The molecule has 2 aromatic carbocycles. The number of benzene rings is 2. The van der Waals surface area contributed by atoms with Gasteiger partial charge in [-0.05, 0) is 36.4 Å². The number of nitrogens with zero attached hydrogens (tertiary/aromatic N) is 1. The standard InChI is InChI=1S/C17H14N4O3S2/c18-16-12(17-20-13-3-1-2-4-14(13)25-17)9-15(22)21(16)10-5-7-11(8-6-10)26(19,23)24/h1-8,18,20H,9H2,(H2,19,23,24)/b17-12-,18-16?. The number of carbonyl (C=O) groups excluding carboxylic acids is 1. The fourth-order valence-corrected chi connectivity index (χ4v) is 4.44. The summed E-state index contributed by atoms with van der Waals surface area (Å²) in [4.78, 5) is 14.8. The zero-order valence-corrected chi connectivity index (χ0v) is 15.0. The molecule has 0 spiro atoms. The van der Waals surface area contributed by atoms with Crippen LogP contribution in [0.4, 0.5) is 11.4 Å². The van der Waals surface area contributed by atoms with Gasteiger partial charge in [0.15, 0.2) is 0 Å². The Morgan fingerprint density at radius 2 is 1.81 bits per heavy atom. The lowest BCUT2D eigenvalue weighted by molar-refractivity contribution is -0.116. The number of nitrogens with two attached hydrogens (primary N) is 1. The van der Waals surface area contributed by atoms with Gasteiger partial charge < -0.3 is 5.32 Å². The fourth-order valence-electron chi connectivity index (χ4n) is 2.87. The van der Waals surface area contributed by atoms with Crippen LogP contribution in [0.15, 0.2) is 68.9 Å². The maximum absolute atomic E-state index is 12.5. The Bertz CT molecular complexity index is 1050. The van der Waals surface area contributed by atoms with Gasteiger partial charge in [-0.3, -0.25) is 15.1 Å². The van der Waals surface area contributed by atoms with Gasteiger partial charge in [-0.25, -0.2) is 13.6 Å². The van der Waals surface area contributed by atoms with Crippen LogP contribution in [0.3, 0.4) is 0 Å². The molecule has 9 heteroatoms. The Morgan fingerprint density at radius 3 is 2.46 bits per heavy atom. The first-order chi connectivity index (χ1) is 12.3. The van der Waals surface area contributed by atoms with E-state index in [0.29, 0.717) is 11.3 Å². The predicted molar refractivity (Wildman–Crippen MR) is 101 cm³/mol. The molecule has 1 amide bonds. The lowest BCUT2D eigenvalue weighted by Gasteiger charge is -2.16. The summed E-state index contributed by atoms with van der Waals surface area (Å²) >= 11 is 1.50. The lowest BCUT2D eigenvalue weighted by Crippen LogP contribution is -2.28. The first-order valence-electron chi connectivity index (χ1n) is 7.66. The van der Waals surface area contributed by atoms with Crippen LogP contribution in [0.5, 0.6) is 0 Å². The van der Waals surface area contributed by atoms with Crippen molar-refractivity contribution in [2.75, 3.05) is 10.2 Å². The largest absolute Gasteiger partial charge is 0.349 e. The SMILES string of the molecule is N=C1/C(=C2/Nc3ccccc3S2)CC(=O)N1c1ccc(S(N)(=O)=O)cc1. The third-order valence-corrected chi connectivity index (χ3v) is 6.19. The summed E-state index contributed by atoms with van der Waals surface area (Å²) in [5.41, 5.74) is 2.01. The highest BCUT2D eigenvalue weighted by Crippen LogP contribution is 2.44. The molecular weight excluding hydrogens is 372 g/mol. The second-order valence-electron chi connectivity index (χ2n) is 5.82. The summed E-state index contributed by atoms with van der Waals surface area (Å²) in [6.07, 6.45) is 0.110. The smallest absolute Gasteiger partial charge is 0.238 e. The first kappa shape index (κ1) is 16.8. The van der Waals surface area contributed by atoms with Gasteiger partial charge in [-0.2, -0.15) is 0 Å². The summed E-state index contributed by atoms with van der Waals surface area (Å²) in [6, 6.07) is 13.4. The van der Waals surface area contributed by atoms with E-state index < -0.39 is 10.0 Å². The minimum absolute atomic E-state index is 0.0403. The van der Waals surface area contributed by atoms with Crippen LogP contribution in [0.2, 0.25) is 0 Å². The van der Waals surface area contributed by atoms with E-state index in [-0.39, 0.29) is 23.1 Å². The van der Waals surface area contributed by atoms with Crippen molar-refractivity contribution in [3.05, 3.63) is 59.1 Å². The van der Waals surface area contributed by atoms with Crippen LogP contribution >= 0.6 is 11.8 Å². The number of nitrogens with one attached hydrogen (secondary N) is 2. The molecule has 2 aliphatic heterocycles. The number of anilines is 2. The summed E-state index contributed by atoms with van der Waals surface area (Å²) in [6.45, 7) is 0. The fraction of sp³-hybridized carbons (Fsp3) is 0.0588. The normalized spacial score (nSPS) is 19.7. The maximum Gasteiger partial charge on any atom is 0.238 e. The molecule has 0 radical (unpaired) electrons. The van der Waals surface area contributed by atoms with E-state index in [9.17, 15) is 13.2 Å². The van der Waals surface area contributed by atoms with Gasteiger partial charge >= 0.3 is 0 Å². The average Bonchev–Trinajstić information content (AvgIpc) is 3.15. The highest BCUT2D eigenvalue weighted by Gasteiger charge is 2.36. The number of thioether (sulfide) groups is 1. The Morgan fingerprint density at radius 1 is 1.12 bits per heavy atom. The summed E-state index contributed by atoms with van der Waals surface area (Å²) < 4.78 is 22.7. The molecule has 2 aliphatic rings. The van der Waals surface area contributed by atoms with Crippen molar-refractivity contribution < 1.29 is 13.2 Å². The molecule has 132 valence electrons. The maximum atomic E-state index is 12.5. The highest BCUT2D eigenvalue weighted by molar-refractivity contribution is 8.03. The van der Waals surface area contributed by atoms with Crippen molar-refractivity contribution in [1.82, 2.24) is 0 Å². The number of amides is 1. The molecule has 7 nitrogen and oxygen atoms in total. The minimum atomic E-state index is -3.80. The zero-order chi connectivity index (χ0) is 18.5. The Hall–Kier alpha value is -2.62. The number of rotatable bonds is 2. The molecule has 4 N–H and O–H groups in total. The number of hydrogen-bond acceptors (Lipinski definition) is 6. The molecule has 1 saturated heterocycles. The molecule has 0 bridgehead atoms. The van der Waals surface area contributed by atoms with Gasteiger partial charge in [0.25, 0.3) is 0 Å². The van der Waals surface area contributed by atoms with Gasteiger partial charge in [-0.1, -0.05) is 23.9 Å². The third kappa shape index (κ3) is 2.79. The van der Waals surface area contributed by atoms with Crippen molar-refractivity contribution in [3.63, 3.8) is 0 Å². The van der Waals surface area contributed by atoms with Crippen LogP contribution in [-0.4, -0.2) is 20.2 Å². The predicted octanol–water partition coefficient (Wildman–Crippen LogP) is 2.48. The van der Waals surface area contributed by atoms with Gasteiger partial charge in [-0.15, -0.1) is 0 Å². The number of hydrogen-bond donors (Lipinski definition) is 3. The van der Waals surface area contributed by atoms with E-state index in [4.69, 9.17) is 10.5 Å². The highest BCUT2D eigenvalue weighted by atomic mass is 32.2. The summed E-state index contributed by atoms with van der Waals surface area (Å²) in [5.74, 6) is -0.152. The minimum Gasteiger partial charge on any atom is -0.349 e. The molecule has 0 aromatic heterocycles. The molecule has 0 aliphatic carbocycles. The van der Waals surface area contributed by atoms with Gasteiger partial charge in [0.05, 0.1) is 27.7 Å². The molecular formula is C17H14N4O3S2. The molecule has 2 aromatic rings. The van der Waals surface area contributed by atoms with Crippen LogP contribution in [0.1, 0.15) is 6.42 Å². The zero-order valence-electron chi connectivity index (χ0n) is 13.4. The van der Waals surface area contributed by atoms with Crippen LogP contribution < -0.4 is 15.4 Å². The van der Waals surface area contributed by atoms with Crippen molar-refractivity contribution >= 4 is 44.9 Å². The van der Waals surface area contributed by atoms with E-state index in [1.54, 1.807) is 0 Å². The average molecular weight is 386 g/mol. The Kier molecular flexibility index (Phi) is 3.87.